The number of nitrogens with zero attached hydrogens (tertiary/aromatic N) is 3. The van der Waals surface area contributed by atoms with Gasteiger partial charge in [0, 0.05) is 34.8 Å². The van der Waals surface area contributed by atoms with Crippen molar-refractivity contribution in [2.45, 2.75) is 39.4 Å². The van der Waals surface area contributed by atoms with Crippen LogP contribution < -0.4 is 5.56 Å². The van der Waals surface area contributed by atoms with Crippen LogP contribution in [0.4, 0.5) is 13.2 Å². The summed E-state index contributed by atoms with van der Waals surface area (Å²) in [7, 11) is 0. The molecule has 170 valence electrons. The van der Waals surface area contributed by atoms with Crippen LogP contribution in [-0.4, -0.2) is 19.7 Å². The quantitative estimate of drug-likeness (QED) is 0.384. The van der Waals surface area contributed by atoms with Crippen LogP contribution in [0.3, 0.4) is 0 Å². The fourth-order valence-electron chi connectivity index (χ4n) is 3.81. The molecule has 0 N–H and O–H groups in total. The van der Waals surface area contributed by atoms with Crippen molar-refractivity contribution >= 4 is 11.6 Å². The SMILES string of the molecule is CCCc1c(C)nc2n(Cc3ccc(C(=O)c4ccc(C(F)(F)F)cc4)cc3)ccn2c1=O. The molecule has 0 aliphatic rings. The van der Waals surface area contributed by atoms with Gasteiger partial charge >= 0.3 is 6.18 Å². The van der Waals surface area contributed by atoms with E-state index in [4.69, 9.17) is 0 Å². The van der Waals surface area contributed by atoms with Gasteiger partial charge in [-0.25, -0.2) is 4.98 Å². The van der Waals surface area contributed by atoms with E-state index in [1.807, 2.05) is 18.4 Å². The Hall–Kier alpha value is -3.68. The molecule has 0 saturated carbocycles. The number of fused-ring (bicyclic) bond motifs is 1. The van der Waals surface area contributed by atoms with Crippen molar-refractivity contribution < 1.29 is 18.0 Å². The second kappa shape index (κ2) is 8.69. The van der Waals surface area contributed by atoms with E-state index >= 15 is 0 Å². The lowest BCUT2D eigenvalue weighted by Gasteiger charge is -2.09. The van der Waals surface area contributed by atoms with Crippen molar-refractivity contribution in [2.75, 3.05) is 0 Å². The number of carbonyl (C=O) groups is 1. The molecule has 33 heavy (non-hydrogen) atoms. The van der Waals surface area contributed by atoms with Gasteiger partial charge in [-0.2, -0.15) is 13.2 Å². The minimum absolute atomic E-state index is 0.0596. The van der Waals surface area contributed by atoms with Gasteiger partial charge in [0.15, 0.2) is 5.78 Å². The molecule has 4 aromatic rings. The highest BCUT2D eigenvalue weighted by molar-refractivity contribution is 6.09. The normalized spacial score (nSPS) is 11.8. The van der Waals surface area contributed by atoms with Gasteiger partial charge in [-0.05, 0) is 31.0 Å². The lowest BCUT2D eigenvalue weighted by molar-refractivity contribution is -0.137. The van der Waals surface area contributed by atoms with E-state index in [0.29, 0.717) is 24.3 Å². The van der Waals surface area contributed by atoms with Gasteiger partial charge in [-0.1, -0.05) is 49.7 Å². The molecule has 0 atom stereocenters. The van der Waals surface area contributed by atoms with Crippen molar-refractivity contribution in [3.63, 3.8) is 0 Å². The first kappa shape index (κ1) is 22.5. The highest BCUT2D eigenvalue weighted by Crippen LogP contribution is 2.29. The molecule has 4 rings (SSSR count). The number of ketones is 1. The summed E-state index contributed by atoms with van der Waals surface area (Å²) in [5.41, 5.74) is 2.05. The van der Waals surface area contributed by atoms with E-state index in [9.17, 15) is 22.8 Å². The molecular formula is C25H22F3N3O2. The van der Waals surface area contributed by atoms with E-state index in [2.05, 4.69) is 4.98 Å². The summed E-state index contributed by atoms with van der Waals surface area (Å²) in [4.78, 5) is 30.0. The molecule has 0 amide bonds. The maximum atomic E-state index is 12.7. The molecule has 0 aliphatic heterocycles. The number of aromatic nitrogens is 3. The van der Waals surface area contributed by atoms with Gasteiger partial charge in [0.25, 0.3) is 5.56 Å². The third-order valence-electron chi connectivity index (χ3n) is 5.59. The Balaban J connectivity index is 1.55. The van der Waals surface area contributed by atoms with Gasteiger partial charge in [0.05, 0.1) is 12.1 Å². The molecule has 0 saturated heterocycles. The predicted octanol–water partition coefficient (Wildman–Crippen LogP) is 5.06. The number of alkyl halides is 3. The minimum atomic E-state index is -4.44. The smallest absolute Gasteiger partial charge is 0.312 e. The number of rotatable bonds is 6. The van der Waals surface area contributed by atoms with Crippen LogP contribution in [0.15, 0.2) is 65.7 Å². The average Bonchev–Trinajstić information content (AvgIpc) is 3.18. The largest absolute Gasteiger partial charge is 0.416 e. The van der Waals surface area contributed by atoms with Crippen LogP contribution >= 0.6 is 0 Å². The summed E-state index contributed by atoms with van der Waals surface area (Å²) in [5, 5.41) is 0. The van der Waals surface area contributed by atoms with Crippen LogP contribution in [0.2, 0.25) is 0 Å². The Bertz CT molecular complexity index is 1370. The monoisotopic (exact) mass is 453 g/mol. The van der Waals surface area contributed by atoms with Crippen molar-refractivity contribution in [3.05, 3.63) is 105 Å². The first-order chi connectivity index (χ1) is 15.7. The highest BCUT2D eigenvalue weighted by atomic mass is 19.4. The van der Waals surface area contributed by atoms with Gasteiger partial charge < -0.3 is 4.57 Å². The number of hydrogen-bond donors (Lipinski definition) is 0. The molecule has 8 heteroatoms. The Morgan fingerprint density at radius 3 is 2.15 bits per heavy atom. The van der Waals surface area contributed by atoms with Crippen molar-refractivity contribution in [1.29, 1.82) is 0 Å². The van der Waals surface area contributed by atoms with Crippen LogP contribution in [0.5, 0.6) is 0 Å². The Morgan fingerprint density at radius 2 is 1.58 bits per heavy atom. The fraction of sp³-hybridized carbons (Fsp3) is 0.240. The molecule has 0 radical (unpaired) electrons. The number of benzene rings is 2. The standard InChI is InChI=1S/C25H22F3N3O2/c1-3-4-21-16(2)29-24-30(13-14-31(24)23(21)33)15-17-5-7-18(8-6-17)22(32)19-9-11-20(12-10-19)25(26,27)28/h5-14H,3-4,15H2,1-2H3. The van der Waals surface area contributed by atoms with Crippen molar-refractivity contribution in [2.24, 2.45) is 0 Å². The second-order valence-corrected chi connectivity index (χ2v) is 7.93. The first-order valence-electron chi connectivity index (χ1n) is 10.6. The lowest BCUT2D eigenvalue weighted by atomic mass is 10.0. The molecule has 5 nitrogen and oxygen atoms in total. The number of aryl methyl sites for hydroxylation is 1. The van der Waals surface area contributed by atoms with Gasteiger partial charge in [0.1, 0.15) is 0 Å². The number of hydrogen-bond acceptors (Lipinski definition) is 3. The van der Waals surface area contributed by atoms with E-state index in [0.717, 1.165) is 35.4 Å². The van der Waals surface area contributed by atoms with Crippen molar-refractivity contribution in [1.82, 2.24) is 14.0 Å². The average molecular weight is 453 g/mol. The van der Waals surface area contributed by atoms with E-state index in [-0.39, 0.29) is 16.9 Å². The van der Waals surface area contributed by atoms with Crippen LogP contribution in [0, 0.1) is 6.92 Å². The second-order valence-electron chi connectivity index (χ2n) is 7.93. The highest BCUT2D eigenvalue weighted by Gasteiger charge is 2.30. The minimum Gasteiger partial charge on any atom is -0.312 e. The maximum Gasteiger partial charge on any atom is 0.416 e. The topological polar surface area (TPSA) is 56.4 Å². The summed E-state index contributed by atoms with van der Waals surface area (Å²) >= 11 is 0. The van der Waals surface area contributed by atoms with Crippen LogP contribution in [-0.2, 0) is 19.1 Å². The molecule has 2 heterocycles. The van der Waals surface area contributed by atoms with E-state index < -0.39 is 11.7 Å². The summed E-state index contributed by atoms with van der Waals surface area (Å²) in [6.45, 7) is 4.31. The molecule has 0 bridgehead atoms. The Kier molecular flexibility index (Phi) is 5.93. The Morgan fingerprint density at radius 1 is 0.970 bits per heavy atom. The third kappa shape index (κ3) is 4.46. The molecule has 0 spiro atoms. The van der Waals surface area contributed by atoms with Crippen LogP contribution in [0.1, 0.15) is 51.7 Å². The number of carbonyl (C=O) groups excluding carboxylic acids is 1. The Labute approximate surface area is 188 Å². The number of imidazole rings is 1. The predicted molar refractivity (Wildman–Crippen MR) is 119 cm³/mol. The fourth-order valence-corrected chi connectivity index (χ4v) is 3.81. The van der Waals surface area contributed by atoms with Gasteiger partial charge in [0.2, 0.25) is 5.78 Å². The summed E-state index contributed by atoms with van der Waals surface area (Å²) in [5.74, 6) is 0.191. The molecular weight excluding hydrogens is 431 g/mol. The van der Waals surface area contributed by atoms with E-state index in [1.54, 1.807) is 41.1 Å². The number of halogens is 3. The maximum absolute atomic E-state index is 12.7. The molecule has 0 fully saturated rings. The summed E-state index contributed by atoms with van der Waals surface area (Å²) in [6.07, 6.45) is 0.593. The summed E-state index contributed by atoms with van der Waals surface area (Å²) in [6, 6.07) is 11.0. The zero-order valence-corrected chi connectivity index (χ0v) is 18.2. The first-order valence-corrected chi connectivity index (χ1v) is 10.6. The molecule has 0 unspecified atom stereocenters. The summed E-state index contributed by atoms with van der Waals surface area (Å²) < 4.78 is 41.6. The lowest BCUT2D eigenvalue weighted by Crippen LogP contribution is -2.21. The molecule has 0 aliphatic carbocycles. The van der Waals surface area contributed by atoms with Gasteiger partial charge in [-0.15, -0.1) is 0 Å². The van der Waals surface area contributed by atoms with E-state index in [1.165, 1.54) is 12.1 Å². The zero-order chi connectivity index (χ0) is 23.8. The van der Waals surface area contributed by atoms with Crippen molar-refractivity contribution in [3.8, 4) is 0 Å². The molecule has 2 aromatic heterocycles. The zero-order valence-electron chi connectivity index (χ0n) is 18.2. The third-order valence-corrected chi connectivity index (χ3v) is 5.59. The molecule has 2 aromatic carbocycles. The van der Waals surface area contributed by atoms with Crippen LogP contribution in [0.25, 0.3) is 5.78 Å². The van der Waals surface area contributed by atoms with Gasteiger partial charge in [-0.3, -0.25) is 14.0 Å².